The third-order valence-corrected chi connectivity index (χ3v) is 2.17. The molecule has 0 spiro atoms. The molecule has 1 aliphatic carbocycles. The van der Waals surface area contributed by atoms with Gasteiger partial charge >= 0.3 is 5.97 Å². The van der Waals surface area contributed by atoms with Gasteiger partial charge in [-0.1, -0.05) is 12.8 Å². The molecule has 0 bridgehead atoms. The van der Waals surface area contributed by atoms with Crippen molar-refractivity contribution in [2.45, 2.75) is 37.8 Å². The molecule has 0 saturated heterocycles. The summed E-state index contributed by atoms with van der Waals surface area (Å²) in [4.78, 5) is 10.2. The summed E-state index contributed by atoms with van der Waals surface area (Å²) in [6.45, 7) is -0.224. The molecule has 1 fully saturated rings. The van der Waals surface area contributed by atoms with Gasteiger partial charge in [-0.15, -0.1) is 0 Å². The highest BCUT2D eigenvalue weighted by atomic mass is 16.5. The molecule has 0 radical (unpaired) electrons. The Balaban J connectivity index is 2.24. The minimum Gasteiger partial charge on any atom is -0.480 e. The number of ether oxygens (including phenoxy) is 1. The van der Waals surface area contributed by atoms with Crippen LogP contribution in [0.5, 0.6) is 0 Å². The third-order valence-electron chi connectivity index (χ3n) is 2.17. The molecule has 3 N–H and O–H groups in total. The summed E-state index contributed by atoms with van der Waals surface area (Å²) in [5, 5.41) is 8.36. The van der Waals surface area contributed by atoms with Gasteiger partial charge in [0.2, 0.25) is 0 Å². The number of hydrogen-bond acceptors (Lipinski definition) is 3. The molecule has 0 unspecified atom stereocenters. The minimum absolute atomic E-state index is 0.0260. The number of hydrogen-bond donors (Lipinski definition) is 2. The molecule has 4 heteroatoms. The van der Waals surface area contributed by atoms with Crippen molar-refractivity contribution in [3.63, 3.8) is 0 Å². The monoisotopic (exact) mass is 173 g/mol. The van der Waals surface area contributed by atoms with Gasteiger partial charge < -0.3 is 15.6 Å². The molecule has 0 amide bonds. The highest BCUT2D eigenvalue weighted by molar-refractivity contribution is 5.68. The molecule has 4 nitrogen and oxygen atoms in total. The van der Waals surface area contributed by atoms with Crippen LogP contribution in [0, 0.1) is 0 Å². The van der Waals surface area contributed by atoms with E-state index in [2.05, 4.69) is 0 Å². The lowest BCUT2D eigenvalue weighted by molar-refractivity contribution is -0.145. The summed E-state index contributed by atoms with van der Waals surface area (Å²) in [7, 11) is 0. The SMILES string of the molecule is N[C@H]1CCCC[C@@H]1OCC(=O)O. The van der Waals surface area contributed by atoms with Crippen LogP contribution in [0.1, 0.15) is 25.7 Å². The minimum atomic E-state index is -0.923. The third kappa shape index (κ3) is 2.79. The molecule has 0 heterocycles. The zero-order valence-electron chi connectivity index (χ0n) is 7.03. The molecule has 2 atom stereocenters. The first-order valence-electron chi connectivity index (χ1n) is 4.29. The second-order valence-electron chi connectivity index (χ2n) is 3.19. The number of rotatable bonds is 3. The topological polar surface area (TPSA) is 72.5 Å². The molecular formula is C8H15NO3. The highest BCUT2D eigenvalue weighted by Crippen LogP contribution is 2.19. The second kappa shape index (κ2) is 4.42. The summed E-state index contributed by atoms with van der Waals surface area (Å²) >= 11 is 0. The van der Waals surface area contributed by atoms with Crippen molar-refractivity contribution in [2.75, 3.05) is 6.61 Å². The Kier molecular flexibility index (Phi) is 3.49. The van der Waals surface area contributed by atoms with Gasteiger partial charge in [0.25, 0.3) is 0 Å². The molecule has 0 aromatic heterocycles. The molecule has 0 aliphatic heterocycles. The maximum atomic E-state index is 10.2. The first-order valence-corrected chi connectivity index (χ1v) is 4.29. The number of aliphatic carboxylic acids is 1. The van der Waals surface area contributed by atoms with Crippen LogP contribution in [0.2, 0.25) is 0 Å². The predicted octanol–water partition coefficient (Wildman–Crippen LogP) is 0.357. The van der Waals surface area contributed by atoms with Crippen molar-refractivity contribution in [3.8, 4) is 0 Å². The van der Waals surface area contributed by atoms with Crippen molar-refractivity contribution >= 4 is 5.97 Å². The van der Waals surface area contributed by atoms with Gasteiger partial charge in [-0.2, -0.15) is 0 Å². The predicted molar refractivity (Wildman–Crippen MR) is 43.8 cm³/mol. The summed E-state index contributed by atoms with van der Waals surface area (Å²) in [6.07, 6.45) is 4.03. The van der Waals surface area contributed by atoms with Crippen LogP contribution >= 0.6 is 0 Å². The normalized spacial score (nSPS) is 30.1. The number of carbonyl (C=O) groups is 1. The van der Waals surface area contributed by atoms with E-state index in [4.69, 9.17) is 15.6 Å². The maximum absolute atomic E-state index is 10.2. The van der Waals surface area contributed by atoms with E-state index in [9.17, 15) is 4.79 Å². The summed E-state index contributed by atoms with van der Waals surface area (Å²) in [5.41, 5.74) is 5.75. The fraction of sp³-hybridized carbons (Fsp3) is 0.875. The fourth-order valence-corrected chi connectivity index (χ4v) is 1.51. The van der Waals surface area contributed by atoms with E-state index in [-0.39, 0.29) is 18.8 Å². The Hall–Kier alpha value is -0.610. The number of nitrogens with two attached hydrogens (primary N) is 1. The van der Waals surface area contributed by atoms with E-state index < -0.39 is 5.97 Å². The quantitative estimate of drug-likeness (QED) is 0.646. The Labute approximate surface area is 71.7 Å². The van der Waals surface area contributed by atoms with Gasteiger partial charge in [-0.05, 0) is 12.8 Å². The van der Waals surface area contributed by atoms with Gasteiger partial charge in [0.05, 0.1) is 6.10 Å². The Morgan fingerprint density at radius 3 is 2.75 bits per heavy atom. The summed E-state index contributed by atoms with van der Waals surface area (Å²) in [6, 6.07) is 0.0260. The van der Waals surface area contributed by atoms with E-state index in [0.29, 0.717) is 0 Å². The molecule has 1 aliphatic rings. The maximum Gasteiger partial charge on any atom is 0.329 e. The molecule has 1 rings (SSSR count). The molecular weight excluding hydrogens is 158 g/mol. The van der Waals surface area contributed by atoms with E-state index in [1.165, 1.54) is 0 Å². The summed E-state index contributed by atoms with van der Waals surface area (Å²) < 4.78 is 5.13. The van der Waals surface area contributed by atoms with Crippen LogP contribution in [-0.2, 0) is 9.53 Å². The Morgan fingerprint density at radius 2 is 2.17 bits per heavy atom. The van der Waals surface area contributed by atoms with E-state index >= 15 is 0 Å². The molecule has 70 valence electrons. The van der Waals surface area contributed by atoms with Crippen molar-refractivity contribution in [1.82, 2.24) is 0 Å². The van der Waals surface area contributed by atoms with Gasteiger partial charge in [0.1, 0.15) is 6.61 Å². The Morgan fingerprint density at radius 1 is 1.50 bits per heavy atom. The Bertz CT molecular complexity index is 160. The van der Waals surface area contributed by atoms with E-state index in [1.54, 1.807) is 0 Å². The zero-order valence-corrected chi connectivity index (χ0v) is 7.03. The average Bonchev–Trinajstić information content (AvgIpc) is 2.03. The second-order valence-corrected chi connectivity index (χ2v) is 3.19. The number of carboxylic acids is 1. The molecule has 1 saturated carbocycles. The highest BCUT2D eigenvalue weighted by Gasteiger charge is 2.22. The van der Waals surface area contributed by atoms with Gasteiger partial charge in [0.15, 0.2) is 0 Å². The van der Waals surface area contributed by atoms with Crippen molar-refractivity contribution in [3.05, 3.63) is 0 Å². The smallest absolute Gasteiger partial charge is 0.329 e. The first-order chi connectivity index (χ1) is 5.70. The summed E-state index contributed by atoms with van der Waals surface area (Å²) in [5.74, 6) is -0.923. The van der Waals surface area contributed by atoms with Crippen LogP contribution in [0.25, 0.3) is 0 Å². The largest absolute Gasteiger partial charge is 0.480 e. The first kappa shape index (κ1) is 9.48. The lowest BCUT2D eigenvalue weighted by Gasteiger charge is -2.27. The molecule has 0 aromatic carbocycles. The van der Waals surface area contributed by atoms with E-state index in [1.807, 2.05) is 0 Å². The number of carboxylic acid groups (broad SMARTS) is 1. The van der Waals surface area contributed by atoms with Crippen LogP contribution in [0.15, 0.2) is 0 Å². The van der Waals surface area contributed by atoms with Gasteiger partial charge in [-0.25, -0.2) is 4.79 Å². The average molecular weight is 173 g/mol. The molecule has 0 aromatic rings. The van der Waals surface area contributed by atoms with Gasteiger partial charge in [-0.3, -0.25) is 0 Å². The van der Waals surface area contributed by atoms with Crippen molar-refractivity contribution in [1.29, 1.82) is 0 Å². The van der Waals surface area contributed by atoms with Crippen LogP contribution in [-0.4, -0.2) is 29.8 Å². The fourth-order valence-electron chi connectivity index (χ4n) is 1.51. The van der Waals surface area contributed by atoms with E-state index in [0.717, 1.165) is 25.7 Å². The lowest BCUT2D eigenvalue weighted by Crippen LogP contribution is -2.40. The lowest BCUT2D eigenvalue weighted by atomic mass is 9.93. The molecule has 12 heavy (non-hydrogen) atoms. The van der Waals surface area contributed by atoms with Crippen molar-refractivity contribution < 1.29 is 14.6 Å². The van der Waals surface area contributed by atoms with Gasteiger partial charge in [0, 0.05) is 6.04 Å². The van der Waals surface area contributed by atoms with Crippen LogP contribution < -0.4 is 5.73 Å². The van der Waals surface area contributed by atoms with Crippen molar-refractivity contribution in [2.24, 2.45) is 5.73 Å². The van der Waals surface area contributed by atoms with Crippen LogP contribution in [0.3, 0.4) is 0 Å². The zero-order chi connectivity index (χ0) is 8.97. The standard InChI is InChI=1S/C8H15NO3/c9-6-3-1-2-4-7(6)12-5-8(10)11/h6-7H,1-5,9H2,(H,10,11)/t6-,7-/m0/s1. The van der Waals surface area contributed by atoms with Crippen LogP contribution in [0.4, 0.5) is 0 Å².